The summed E-state index contributed by atoms with van der Waals surface area (Å²) in [5, 5.41) is 14.4. The van der Waals surface area contributed by atoms with Crippen molar-refractivity contribution in [2.45, 2.75) is 77.2 Å². The van der Waals surface area contributed by atoms with E-state index in [1.54, 1.807) is 0 Å². The van der Waals surface area contributed by atoms with E-state index >= 15 is 0 Å². The molecule has 0 bridgehead atoms. The van der Waals surface area contributed by atoms with Crippen molar-refractivity contribution in [1.82, 2.24) is 15.5 Å². The minimum Gasteiger partial charge on any atom is -0.465 e. The van der Waals surface area contributed by atoms with Crippen molar-refractivity contribution in [3.63, 3.8) is 0 Å². The van der Waals surface area contributed by atoms with Gasteiger partial charge in [-0.05, 0) is 25.7 Å². The minimum atomic E-state index is -0.929. The zero-order valence-corrected chi connectivity index (χ0v) is 17.6. The molecule has 1 saturated heterocycles. The molecule has 1 rings (SSSR count). The molecular weight excluding hydrogens is 378 g/mol. The Labute approximate surface area is 173 Å². The number of unbranched alkanes of at least 4 members (excludes halogenated alkanes) is 6. The lowest BCUT2D eigenvalue weighted by Gasteiger charge is -2.29. The van der Waals surface area contributed by atoms with Gasteiger partial charge in [-0.3, -0.25) is 0 Å². The van der Waals surface area contributed by atoms with Gasteiger partial charge in [-0.2, -0.15) is 0 Å². The summed E-state index contributed by atoms with van der Waals surface area (Å²) in [6.07, 6.45) is 7.09. The third kappa shape index (κ3) is 12.8. The molecule has 0 saturated carbocycles. The van der Waals surface area contributed by atoms with E-state index in [2.05, 4.69) is 17.6 Å². The number of hydrogen-bond donors (Lipinski definition) is 3. The highest BCUT2D eigenvalue weighted by atomic mass is 16.6. The van der Waals surface area contributed by atoms with Gasteiger partial charge in [0.05, 0.1) is 6.61 Å². The Morgan fingerprint density at radius 2 is 1.48 bits per heavy atom. The van der Waals surface area contributed by atoms with Crippen LogP contribution in [0.15, 0.2) is 0 Å². The number of ether oxygens (including phenoxy) is 2. The molecule has 1 fully saturated rings. The molecular formula is C20H37N3O6. The van der Waals surface area contributed by atoms with Crippen LogP contribution in [0.4, 0.5) is 14.4 Å². The predicted molar refractivity (Wildman–Crippen MR) is 109 cm³/mol. The smallest absolute Gasteiger partial charge is 0.407 e. The largest absolute Gasteiger partial charge is 0.465 e. The Morgan fingerprint density at radius 1 is 0.897 bits per heavy atom. The van der Waals surface area contributed by atoms with E-state index in [1.165, 1.54) is 17.7 Å². The van der Waals surface area contributed by atoms with Crippen molar-refractivity contribution in [2.24, 2.45) is 0 Å². The van der Waals surface area contributed by atoms with Crippen LogP contribution in [-0.2, 0) is 9.47 Å². The molecule has 1 aliphatic rings. The van der Waals surface area contributed by atoms with Crippen LogP contribution in [0.25, 0.3) is 0 Å². The Bertz CT molecular complexity index is 481. The fourth-order valence-electron chi connectivity index (χ4n) is 3.09. The van der Waals surface area contributed by atoms with Gasteiger partial charge in [0.15, 0.2) is 0 Å². The van der Waals surface area contributed by atoms with E-state index in [-0.39, 0.29) is 12.2 Å². The van der Waals surface area contributed by atoms with Crippen molar-refractivity contribution in [1.29, 1.82) is 0 Å². The second kappa shape index (κ2) is 15.7. The van der Waals surface area contributed by atoms with Gasteiger partial charge in [-0.25, -0.2) is 14.4 Å². The van der Waals surface area contributed by atoms with Gasteiger partial charge in [0.1, 0.15) is 6.10 Å². The molecule has 0 aromatic carbocycles. The lowest BCUT2D eigenvalue weighted by molar-refractivity contribution is 0.0510. The lowest BCUT2D eigenvalue weighted by atomic mass is 10.1. The predicted octanol–water partition coefficient (Wildman–Crippen LogP) is 3.72. The van der Waals surface area contributed by atoms with Crippen molar-refractivity contribution in [2.75, 3.05) is 32.8 Å². The third-order valence-electron chi connectivity index (χ3n) is 4.86. The number of carboxylic acid groups (broad SMARTS) is 1. The topological polar surface area (TPSA) is 117 Å². The Balaban J connectivity index is 1.88. The highest BCUT2D eigenvalue weighted by molar-refractivity contribution is 5.67. The molecule has 9 nitrogen and oxygen atoms in total. The van der Waals surface area contributed by atoms with E-state index in [9.17, 15) is 14.4 Å². The molecule has 0 aliphatic carbocycles. The number of carbonyl (C=O) groups excluding carboxylic acids is 2. The number of rotatable bonds is 13. The molecule has 0 atom stereocenters. The third-order valence-corrected chi connectivity index (χ3v) is 4.86. The zero-order chi connectivity index (χ0) is 21.3. The summed E-state index contributed by atoms with van der Waals surface area (Å²) in [5.74, 6) is 0. The van der Waals surface area contributed by atoms with Crippen LogP contribution in [0.3, 0.4) is 0 Å². The van der Waals surface area contributed by atoms with Crippen molar-refractivity contribution in [3.05, 3.63) is 0 Å². The first-order chi connectivity index (χ1) is 14.0. The summed E-state index contributed by atoms with van der Waals surface area (Å²) in [7, 11) is 0. The Morgan fingerprint density at radius 3 is 2.10 bits per heavy atom. The van der Waals surface area contributed by atoms with Crippen LogP contribution in [0.2, 0.25) is 0 Å². The molecule has 0 spiro atoms. The highest BCUT2D eigenvalue weighted by Gasteiger charge is 2.24. The molecule has 1 heterocycles. The van der Waals surface area contributed by atoms with Gasteiger partial charge in [0.25, 0.3) is 0 Å². The van der Waals surface area contributed by atoms with Crippen LogP contribution in [0.1, 0.15) is 71.1 Å². The maximum absolute atomic E-state index is 11.8. The number of amides is 3. The first kappa shape index (κ1) is 24.8. The van der Waals surface area contributed by atoms with Gasteiger partial charge in [0.2, 0.25) is 0 Å². The van der Waals surface area contributed by atoms with Crippen molar-refractivity contribution >= 4 is 18.3 Å². The van der Waals surface area contributed by atoms with E-state index < -0.39 is 12.2 Å². The maximum Gasteiger partial charge on any atom is 0.407 e. The molecule has 0 unspecified atom stereocenters. The van der Waals surface area contributed by atoms with Gasteiger partial charge in [-0.1, -0.05) is 32.6 Å². The minimum absolute atomic E-state index is 0.222. The lowest BCUT2D eigenvalue weighted by Crippen LogP contribution is -2.41. The molecule has 0 radical (unpaired) electrons. The van der Waals surface area contributed by atoms with Crippen molar-refractivity contribution < 1.29 is 29.0 Å². The molecule has 0 aromatic rings. The zero-order valence-electron chi connectivity index (χ0n) is 17.6. The van der Waals surface area contributed by atoms with Crippen molar-refractivity contribution in [3.8, 4) is 0 Å². The number of likely N-dealkylation sites (tertiary alicyclic amines) is 1. The van der Waals surface area contributed by atoms with Crippen LogP contribution >= 0.6 is 0 Å². The molecule has 9 heteroatoms. The van der Waals surface area contributed by atoms with Crippen LogP contribution in [-0.4, -0.2) is 67.2 Å². The second-order valence-electron chi connectivity index (χ2n) is 7.34. The van der Waals surface area contributed by atoms with E-state index in [0.717, 1.165) is 38.5 Å². The summed E-state index contributed by atoms with van der Waals surface area (Å²) >= 11 is 0. The summed E-state index contributed by atoms with van der Waals surface area (Å²) in [4.78, 5) is 35.4. The quantitative estimate of drug-likeness (QED) is 0.395. The number of nitrogens with zero attached hydrogens (tertiary/aromatic N) is 1. The highest BCUT2D eigenvalue weighted by Crippen LogP contribution is 2.13. The van der Waals surface area contributed by atoms with Gasteiger partial charge in [-0.15, -0.1) is 0 Å². The molecule has 3 N–H and O–H groups in total. The van der Waals surface area contributed by atoms with Gasteiger partial charge >= 0.3 is 18.3 Å². The van der Waals surface area contributed by atoms with Gasteiger partial charge in [0, 0.05) is 39.0 Å². The fourth-order valence-corrected chi connectivity index (χ4v) is 3.09. The summed E-state index contributed by atoms with van der Waals surface area (Å²) in [6, 6.07) is 0. The Kier molecular flexibility index (Phi) is 13.5. The summed E-state index contributed by atoms with van der Waals surface area (Å²) < 4.78 is 10.4. The monoisotopic (exact) mass is 415 g/mol. The molecule has 168 valence electrons. The molecule has 1 aliphatic heterocycles. The molecule has 0 aromatic heterocycles. The standard InChI is InChI=1S/C20H37N3O6/c1-2-3-4-7-12-21-18(24)28-16-9-6-5-8-13-22-19(25)29-17-10-14-23(15-11-17)20(26)27/h17H,2-16H2,1H3,(H,21,24)(H,22,25)(H,26,27). The van der Waals surface area contributed by atoms with E-state index in [0.29, 0.717) is 45.6 Å². The number of carbonyl (C=O) groups is 3. The first-order valence-corrected chi connectivity index (χ1v) is 10.9. The Hall–Kier alpha value is -2.19. The number of piperidine rings is 1. The average molecular weight is 416 g/mol. The maximum atomic E-state index is 11.8. The fraction of sp³-hybridized carbons (Fsp3) is 0.850. The van der Waals surface area contributed by atoms with Gasteiger partial charge < -0.3 is 30.1 Å². The van der Waals surface area contributed by atoms with E-state index in [4.69, 9.17) is 14.6 Å². The average Bonchev–Trinajstić information content (AvgIpc) is 2.70. The van der Waals surface area contributed by atoms with E-state index in [1.807, 2.05) is 0 Å². The summed E-state index contributed by atoms with van der Waals surface area (Å²) in [6.45, 7) is 4.55. The number of nitrogens with one attached hydrogen (secondary N) is 2. The normalized spacial score (nSPS) is 14.3. The van der Waals surface area contributed by atoms with Crippen LogP contribution < -0.4 is 10.6 Å². The number of hydrogen-bond acceptors (Lipinski definition) is 5. The molecule has 3 amide bonds. The van der Waals surface area contributed by atoms with Crippen LogP contribution in [0, 0.1) is 0 Å². The number of alkyl carbamates (subject to hydrolysis) is 2. The first-order valence-electron chi connectivity index (χ1n) is 10.9. The second-order valence-corrected chi connectivity index (χ2v) is 7.34. The SMILES string of the molecule is CCCCCCNC(=O)OCCCCCCNC(=O)OC1CCN(C(=O)O)CC1. The van der Waals surface area contributed by atoms with Crippen LogP contribution in [0.5, 0.6) is 0 Å². The summed E-state index contributed by atoms with van der Waals surface area (Å²) in [5.41, 5.74) is 0. The molecule has 29 heavy (non-hydrogen) atoms.